The molecule has 0 aliphatic carbocycles. The Morgan fingerprint density at radius 2 is 2.10 bits per heavy atom. The number of hydrogen-bond donors (Lipinski definition) is 1. The molecule has 7 nitrogen and oxygen atoms in total. The molecule has 0 spiro atoms. The molecule has 0 radical (unpaired) electrons. The lowest BCUT2D eigenvalue weighted by Gasteiger charge is -2.32. The van der Waals surface area contributed by atoms with Gasteiger partial charge in [-0.2, -0.15) is 0 Å². The van der Waals surface area contributed by atoms with E-state index >= 15 is 0 Å². The summed E-state index contributed by atoms with van der Waals surface area (Å²) >= 11 is 0. The quantitative estimate of drug-likeness (QED) is 0.742. The molecule has 7 heteroatoms. The normalized spacial score (nSPS) is 16.5. The largest absolute Gasteiger partial charge is 0.493 e. The molecule has 0 unspecified atom stereocenters. The number of ether oxygens (including phenoxy) is 1. The van der Waals surface area contributed by atoms with E-state index in [4.69, 9.17) is 4.74 Å². The standard InChI is InChI=1S/C24H32N4O3/c1-18-25-9-13-27(18)12-8-24(30)28-10-6-19(7-11-28)16-23(29)26-17-20-4-5-22-21(15-20)3-2-14-31-22/h4-5,9,13,15,19H,2-3,6-8,10-12,14,16-17H2,1H3,(H,26,29). The van der Waals surface area contributed by atoms with Crippen LogP contribution in [0.3, 0.4) is 0 Å². The van der Waals surface area contributed by atoms with E-state index in [9.17, 15) is 9.59 Å². The number of nitrogens with zero attached hydrogens (tertiary/aromatic N) is 3. The number of amides is 2. The molecular formula is C24H32N4O3. The summed E-state index contributed by atoms with van der Waals surface area (Å²) in [6.07, 6.45) is 8.56. The predicted octanol–water partition coefficient (Wildman–Crippen LogP) is 2.85. The molecule has 1 aromatic heterocycles. The van der Waals surface area contributed by atoms with E-state index in [0.29, 0.717) is 31.8 Å². The van der Waals surface area contributed by atoms with E-state index in [0.717, 1.165) is 62.5 Å². The van der Waals surface area contributed by atoms with Gasteiger partial charge in [-0.25, -0.2) is 4.98 Å². The molecule has 2 amide bonds. The average molecular weight is 425 g/mol. The zero-order chi connectivity index (χ0) is 21.6. The molecular weight excluding hydrogens is 392 g/mol. The van der Waals surface area contributed by atoms with Crippen molar-refractivity contribution in [3.05, 3.63) is 47.5 Å². The number of aryl methyl sites for hydroxylation is 3. The van der Waals surface area contributed by atoms with E-state index < -0.39 is 0 Å². The Labute approximate surface area is 183 Å². The third-order valence-electron chi connectivity index (χ3n) is 6.39. The number of carbonyl (C=O) groups excluding carboxylic acids is 2. The summed E-state index contributed by atoms with van der Waals surface area (Å²) in [5.41, 5.74) is 2.35. The number of benzene rings is 1. The smallest absolute Gasteiger partial charge is 0.224 e. The number of fused-ring (bicyclic) bond motifs is 1. The van der Waals surface area contributed by atoms with Crippen LogP contribution in [-0.2, 0) is 29.1 Å². The summed E-state index contributed by atoms with van der Waals surface area (Å²) in [5.74, 6) is 2.53. The monoisotopic (exact) mass is 424 g/mol. The Bertz CT molecular complexity index is 915. The molecule has 3 heterocycles. The van der Waals surface area contributed by atoms with Crippen LogP contribution in [0.5, 0.6) is 5.75 Å². The van der Waals surface area contributed by atoms with Gasteiger partial charge in [0.2, 0.25) is 11.8 Å². The van der Waals surface area contributed by atoms with E-state index in [1.165, 1.54) is 5.56 Å². The molecule has 4 rings (SSSR count). The molecule has 2 aromatic rings. The van der Waals surface area contributed by atoms with Crippen LogP contribution in [0.2, 0.25) is 0 Å². The van der Waals surface area contributed by atoms with Gasteiger partial charge in [0.05, 0.1) is 6.61 Å². The van der Waals surface area contributed by atoms with Gasteiger partial charge < -0.3 is 19.5 Å². The van der Waals surface area contributed by atoms with Gasteiger partial charge >= 0.3 is 0 Å². The highest BCUT2D eigenvalue weighted by Gasteiger charge is 2.24. The van der Waals surface area contributed by atoms with Crippen LogP contribution in [0.25, 0.3) is 0 Å². The van der Waals surface area contributed by atoms with Crippen molar-refractivity contribution in [2.45, 2.75) is 58.5 Å². The van der Waals surface area contributed by atoms with Gasteiger partial charge in [0, 0.05) is 51.4 Å². The Kier molecular flexibility index (Phi) is 6.89. The van der Waals surface area contributed by atoms with E-state index in [1.807, 2.05) is 34.7 Å². The topological polar surface area (TPSA) is 76.5 Å². The summed E-state index contributed by atoms with van der Waals surface area (Å²) in [6, 6.07) is 6.18. The van der Waals surface area contributed by atoms with Crippen molar-refractivity contribution < 1.29 is 14.3 Å². The number of likely N-dealkylation sites (tertiary alicyclic amines) is 1. The van der Waals surface area contributed by atoms with Crippen LogP contribution >= 0.6 is 0 Å². The third-order valence-corrected chi connectivity index (χ3v) is 6.39. The van der Waals surface area contributed by atoms with Crippen molar-refractivity contribution in [2.24, 2.45) is 5.92 Å². The zero-order valence-corrected chi connectivity index (χ0v) is 18.3. The summed E-state index contributed by atoms with van der Waals surface area (Å²) < 4.78 is 7.65. The van der Waals surface area contributed by atoms with Crippen LogP contribution in [-0.4, -0.2) is 46.0 Å². The number of aromatic nitrogens is 2. The van der Waals surface area contributed by atoms with Crippen LogP contribution in [0.15, 0.2) is 30.6 Å². The summed E-state index contributed by atoms with van der Waals surface area (Å²) in [7, 11) is 0. The lowest BCUT2D eigenvalue weighted by atomic mass is 9.93. The maximum atomic E-state index is 12.5. The second-order valence-corrected chi connectivity index (χ2v) is 8.62. The minimum absolute atomic E-state index is 0.0920. The van der Waals surface area contributed by atoms with Gasteiger partial charge in [0.15, 0.2) is 0 Å². The Morgan fingerprint density at radius 1 is 1.26 bits per heavy atom. The lowest BCUT2D eigenvalue weighted by Crippen LogP contribution is -2.40. The number of rotatable bonds is 7. The SMILES string of the molecule is Cc1nccn1CCC(=O)N1CCC(CC(=O)NCc2ccc3c(c2)CCCO3)CC1. The van der Waals surface area contributed by atoms with Crippen LogP contribution < -0.4 is 10.1 Å². The molecule has 0 saturated carbocycles. The van der Waals surface area contributed by atoms with Gasteiger partial charge in [-0.05, 0) is 55.7 Å². The highest BCUT2D eigenvalue weighted by molar-refractivity contribution is 5.77. The number of piperidine rings is 1. The van der Waals surface area contributed by atoms with Gasteiger partial charge in [-0.15, -0.1) is 0 Å². The maximum absolute atomic E-state index is 12.5. The summed E-state index contributed by atoms with van der Waals surface area (Å²) in [5, 5.41) is 3.06. The maximum Gasteiger partial charge on any atom is 0.224 e. The van der Waals surface area contributed by atoms with Gasteiger partial charge in [-0.3, -0.25) is 9.59 Å². The van der Waals surface area contributed by atoms with E-state index in [2.05, 4.69) is 16.4 Å². The fourth-order valence-corrected chi connectivity index (χ4v) is 4.46. The first-order valence-corrected chi connectivity index (χ1v) is 11.4. The first-order chi connectivity index (χ1) is 15.1. The summed E-state index contributed by atoms with van der Waals surface area (Å²) in [6.45, 7) is 5.44. The second-order valence-electron chi connectivity index (χ2n) is 8.62. The van der Waals surface area contributed by atoms with Crippen molar-refractivity contribution in [2.75, 3.05) is 19.7 Å². The molecule has 166 valence electrons. The third kappa shape index (κ3) is 5.66. The van der Waals surface area contributed by atoms with Crippen LogP contribution in [0.1, 0.15) is 49.1 Å². The number of imidazole rings is 1. The Morgan fingerprint density at radius 3 is 2.87 bits per heavy atom. The second kappa shape index (κ2) is 9.98. The molecule has 2 aliphatic heterocycles. The molecule has 1 N–H and O–H groups in total. The van der Waals surface area contributed by atoms with E-state index in [-0.39, 0.29) is 11.8 Å². The van der Waals surface area contributed by atoms with Crippen molar-refractivity contribution in [1.82, 2.24) is 19.8 Å². The first-order valence-electron chi connectivity index (χ1n) is 11.4. The Balaban J connectivity index is 1.16. The lowest BCUT2D eigenvalue weighted by molar-refractivity contribution is -0.133. The fraction of sp³-hybridized carbons (Fsp3) is 0.542. The van der Waals surface area contributed by atoms with Crippen molar-refractivity contribution in [3.8, 4) is 5.75 Å². The van der Waals surface area contributed by atoms with Gasteiger partial charge in [0.25, 0.3) is 0 Å². The fourth-order valence-electron chi connectivity index (χ4n) is 4.46. The molecule has 0 atom stereocenters. The van der Waals surface area contributed by atoms with E-state index in [1.54, 1.807) is 6.20 Å². The predicted molar refractivity (Wildman–Crippen MR) is 118 cm³/mol. The first kappa shape index (κ1) is 21.4. The highest BCUT2D eigenvalue weighted by atomic mass is 16.5. The number of nitrogens with one attached hydrogen (secondary N) is 1. The van der Waals surface area contributed by atoms with Gasteiger partial charge in [-0.1, -0.05) is 12.1 Å². The molecule has 31 heavy (non-hydrogen) atoms. The highest BCUT2D eigenvalue weighted by Crippen LogP contribution is 2.26. The average Bonchev–Trinajstić information content (AvgIpc) is 3.21. The van der Waals surface area contributed by atoms with Crippen LogP contribution in [0.4, 0.5) is 0 Å². The van der Waals surface area contributed by atoms with Crippen molar-refractivity contribution in [1.29, 1.82) is 0 Å². The van der Waals surface area contributed by atoms with Crippen LogP contribution in [0, 0.1) is 12.8 Å². The minimum atomic E-state index is 0.0920. The van der Waals surface area contributed by atoms with Crippen molar-refractivity contribution in [3.63, 3.8) is 0 Å². The Hall–Kier alpha value is -2.83. The molecule has 0 bridgehead atoms. The molecule has 1 saturated heterocycles. The van der Waals surface area contributed by atoms with Gasteiger partial charge in [0.1, 0.15) is 11.6 Å². The van der Waals surface area contributed by atoms with Crippen molar-refractivity contribution >= 4 is 11.8 Å². The molecule has 2 aliphatic rings. The number of carbonyl (C=O) groups is 2. The number of hydrogen-bond acceptors (Lipinski definition) is 4. The zero-order valence-electron chi connectivity index (χ0n) is 18.3. The molecule has 1 aromatic carbocycles. The summed E-state index contributed by atoms with van der Waals surface area (Å²) in [4.78, 5) is 31.1. The minimum Gasteiger partial charge on any atom is -0.493 e. The molecule has 1 fully saturated rings.